The van der Waals surface area contributed by atoms with Gasteiger partial charge < -0.3 is 14.2 Å². The molecule has 64 heavy (non-hydrogen) atoms. The lowest BCUT2D eigenvalue weighted by molar-refractivity contribution is -0.167. The van der Waals surface area contributed by atoms with Crippen LogP contribution < -0.4 is 0 Å². The summed E-state index contributed by atoms with van der Waals surface area (Å²) in [7, 11) is 0. The molecule has 6 nitrogen and oxygen atoms in total. The topological polar surface area (TPSA) is 78.9 Å². The SMILES string of the molecule is CCCCCC/C=C\C/C=C\CCCCCCCCCC(=O)OCC(COC(=O)CCCCCCCCCCCCCCCC)OC(=O)CCCCCCC/C=C\CCCCCCC. The minimum absolute atomic E-state index is 0.0747. The van der Waals surface area contributed by atoms with Crippen molar-refractivity contribution in [1.29, 1.82) is 0 Å². The van der Waals surface area contributed by atoms with Crippen LogP contribution in [0.15, 0.2) is 36.5 Å². The Kier molecular flexibility index (Phi) is 51.3. The van der Waals surface area contributed by atoms with Crippen LogP contribution in [0.25, 0.3) is 0 Å². The number of esters is 3. The number of unbranched alkanes of at least 4 members (excludes halogenated alkanes) is 34. The molecule has 0 bridgehead atoms. The molecule has 0 heterocycles. The maximum atomic E-state index is 12.8. The lowest BCUT2D eigenvalue weighted by Gasteiger charge is -2.18. The van der Waals surface area contributed by atoms with E-state index in [2.05, 4.69) is 57.2 Å². The summed E-state index contributed by atoms with van der Waals surface area (Å²) < 4.78 is 16.8. The van der Waals surface area contributed by atoms with Crippen molar-refractivity contribution < 1.29 is 28.6 Å². The molecule has 0 radical (unpaired) electrons. The summed E-state index contributed by atoms with van der Waals surface area (Å²) in [6, 6.07) is 0. The van der Waals surface area contributed by atoms with Gasteiger partial charge in [-0.1, -0.05) is 237 Å². The van der Waals surface area contributed by atoms with Crippen molar-refractivity contribution in [2.24, 2.45) is 0 Å². The molecule has 0 rings (SSSR count). The fraction of sp³-hybridized carbons (Fsp3) is 0.845. The average molecular weight is 899 g/mol. The summed E-state index contributed by atoms with van der Waals surface area (Å²) in [6.45, 7) is 6.63. The molecule has 0 amide bonds. The van der Waals surface area contributed by atoms with Crippen LogP contribution in [0.5, 0.6) is 0 Å². The van der Waals surface area contributed by atoms with Crippen LogP contribution >= 0.6 is 0 Å². The molecule has 0 aliphatic carbocycles. The molecule has 0 aliphatic heterocycles. The second-order valence-electron chi connectivity index (χ2n) is 18.8. The molecule has 0 aliphatic rings. The minimum Gasteiger partial charge on any atom is -0.462 e. The van der Waals surface area contributed by atoms with Gasteiger partial charge in [0.05, 0.1) is 0 Å². The second kappa shape index (κ2) is 53.2. The van der Waals surface area contributed by atoms with Gasteiger partial charge in [-0.3, -0.25) is 14.4 Å². The first kappa shape index (κ1) is 61.6. The smallest absolute Gasteiger partial charge is 0.306 e. The van der Waals surface area contributed by atoms with Gasteiger partial charge in [-0.05, 0) is 77.0 Å². The fourth-order valence-corrected chi connectivity index (χ4v) is 8.12. The third-order valence-corrected chi connectivity index (χ3v) is 12.4. The zero-order chi connectivity index (χ0) is 46.5. The van der Waals surface area contributed by atoms with Crippen LogP contribution in [0, 0.1) is 0 Å². The Labute approximate surface area is 397 Å². The van der Waals surface area contributed by atoms with Crippen LogP contribution in [0.2, 0.25) is 0 Å². The number of carbonyl (C=O) groups excluding carboxylic acids is 3. The molecule has 0 aromatic heterocycles. The van der Waals surface area contributed by atoms with Crippen molar-refractivity contribution in [3.8, 4) is 0 Å². The Morgan fingerprint density at radius 2 is 0.562 bits per heavy atom. The van der Waals surface area contributed by atoms with Crippen molar-refractivity contribution >= 4 is 17.9 Å². The summed E-state index contributed by atoms with van der Waals surface area (Å²) in [5, 5.41) is 0. The molecule has 0 fully saturated rings. The van der Waals surface area contributed by atoms with Gasteiger partial charge in [-0.25, -0.2) is 0 Å². The van der Waals surface area contributed by atoms with Crippen LogP contribution in [-0.2, 0) is 28.6 Å². The van der Waals surface area contributed by atoms with Crippen LogP contribution in [0.1, 0.15) is 297 Å². The Bertz CT molecular complexity index is 1080. The highest BCUT2D eigenvalue weighted by molar-refractivity contribution is 5.71. The normalized spacial score (nSPS) is 12.2. The summed E-state index contributed by atoms with van der Waals surface area (Å²) in [5.74, 6) is -0.877. The average Bonchev–Trinajstić information content (AvgIpc) is 3.29. The first-order valence-electron chi connectivity index (χ1n) is 28.0. The van der Waals surface area contributed by atoms with Crippen LogP contribution in [-0.4, -0.2) is 37.2 Å². The first-order chi connectivity index (χ1) is 31.5. The van der Waals surface area contributed by atoms with E-state index in [4.69, 9.17) is 14.2 Å². The highest BCUT2D eigenvalue weighted by atomic mass is 16.6. The molecule has 0 saturated carbocycles. The quantitative estimate of drug-likeness (QED) is 0.0262. The summed E-state index contributed by atoms with van der Waals surface area (Å²) in [4.78, 5) is 38.1. The molecule has 1 atom stereocenters. The summed E-state index contributed by atoms with van der Waals surface area (Å²) >= 11 is 0. The molecule has 0 N–H and O–H groups in total. The van der Waals surface area contributed by atoms with Crippen LogP contribution in [0.4, 0.5) is 0 Å². The van der Waals surface area contributed by atoms with Gasteiger partial charge >= 0.3 is 17.9 Å². The maximum Gasteiger partial charge on any atom is 0.306 e. The van der Waals surface area contributed by atoms with E-state index < -0.39 is 6.10 Å². The van der Waals surface area contributed by atoms with Crippen molar-refractivity contribution in [1.82, 2.24) is 0 Å². The van der Waals surface area contributed by atoms with E-state index in [9.17, 15) is 14.4 Å². The molecule has 1 unspecified atom stereocenters. The lowest BCUT2D eigenvalue weighted by atomic mass is 10.0. The number of carbonyl (C=O) groups is 3. The zero-order valence-corrected chi connectivity index (χ0v) is 42.8. The van der Waals surface area contributed by atoms with E-state index in [1.54, 1.807) is 0 Å². The standard InChI is InChI=1S/C58H106O6/c1-4-7-10-13-16-19-22-25-28-29-30-31-34-36-39-42-45-48-51-57(60)63-54-55(64-58(61)52-49-46-43-40-37-33-27-24-21-18-15-12-9-6-3)53-62-56(59)50-47-44-41-38-35-32-26-23-20-17-14-11-8-5-2/h19,22,24,27-29,55H,4-18,20-21,23,25-26,30-54H2,1-3H3/b22-19-,27-24-,29-28-. The summed E-state index contributed by atoms with van der Waals surface area (Å²) in [5.41, 5.74) is 0. The van der Waals surface area contributed by atoms with Gasteiger partial charge in [0.1, 0.15) is 13.2 Å². The van der Waals surface area contributed by atoms with E-state index in [-0.39, 0.29) is 31.1 Å². The van der Waals surface area contributed by atoms with E-state index in [1.807, 2.05) is 0 Å². The highest BCUT2D eigenvalue weighted by Crippen LogP contribution is 2.16. The van der Waals surface area contributed by atoms with E-state index in [1.165, 1.54) is 180 Å². The Hall–Kier alpha value is -2.37. The number of hydrogen-bond donors (Lipinski definition) is 0. The fourth-order valence-electron chi connectivity index (χ4n) is 8.12. The minimum atomic E-state index is -0.776. The Morgan fingerprint density at radius 1 is 0.312 bits per heavy atom. The van der Waals surface area contributed by atoms with Gasteiger partial charge in [0, 0.05) is 19.3 Å². The van der Waals surface area contributed by atoms with Gasteiger partial charge in [-0.15, -0.1) is 0 Å². The van der Waals surface area contributed by atoms with Crippen molar-refractivity contribution in [2.45, 2.75) is 303 Å². The van der Waals surface area contributed by atoms with E-state index >= 15 is 0 Å². The summed E-state index contributed by atoms with van der Waals surface area (Å²) in [6.07, 6.45) is 62.7. The van der Waals surface area contributed by atoms with Gasteiger partial charge in [-0.2, -0.15) is 0 Å². The van der Waals surface area contributed by atoms with Gasteiger partial charge in [0.2, 0.25) is 0 Å². The highest BCUT2D eigenvalue weighted by Gasteiger charge is 2.19. The predicted octanol–water partition coefficient (Wildman–Crippen LogP) is 18.5. The number of ether oxygens (including phenoxy) is 3. The van der Waals surface area contributed by atoms with E-state index in [0.29, 0.717) is 19.3 Å². The van der Waals surface area contributed by atoms with E-state index in [0.717, 1.165) is 77.0 Å². The van der Waals surface area contributed by atoms with Crippen LogP contribution in [0.3, 0.4) is 0 Å². The third kappa shape index (κ3) is 50.6. The molecule has 0 saturated heterocycles. The molecule has 0 aromatic carbocycles. The molecular weight excluding hydrogens is 793 g/mol. The lowest BCUT2D eigenvalue weighted by Crippen LogP contribution is -2.30. The Balaban J connectivity index is 4.36. The molecule has 0 spiro atoms. The van der Waals surface area contributed by atoms with Crippen molar-refractivity contribution in [3.05, 3.63) is 36.5 Å². The second-order valence-corrected chi connectivity index (χ2v) is 18.8. The van der Waals surface area contributed by atoms with Gasteiger partial charge in [0.25, 0.3) is 0 Å². The third-order valence-electron chi connectivity index (χ3n) is 12.4. The maximum absolute atomic E-state index is 12.8. The number of hydrogen-bond acceptors (Lipinski definition) is 6. The molecule has 374 valence electrons. The monoisotopic (exact) mass is 899 g/mol. The predicted molar refractivity (Wildman–Crippen MR) is 275 cm³/mol. The zero-order valence-electron chi connectivity index (χ0n) is 42.8. The molecule has 0 aromatic rings. The first-order valence-corrected chi connectivity index (χ1v) is 28.0. The number of rotatable bonds is 51. The van der Waals surface area contributed by atoms with Crippen molar-refractivity contribution in [2.75, 3.05) is 13.2 Å². The molecule has 6 heteroatoms. The number of allylic oxidation sites excluding steroid dienone is 6. The largest absolute Gasteiger partial charge is 0.462 e. The van der Waals surface area contributed by atoms with Crippen molar-refractivity contribution in [3.63, 3.8) is 0 Å². The van der Waals surface area contributed by atoms with Gasteiger partial charge in [0.15, 0.2) is 6.10 Å². The Morgan fingerprint density at radius 3 is 0.891 bits per heavy atom. The molecular formula is C58H106O6.